The van der Waals surface area contributed by atoms with Crippen molar-refractivity contribution in [3.05, 3.63) is 54.1 Å². The fourth-order valence-corrected chi connectivity index (χ4v) is 2.59. The summed E-state index contributed by atoms with van der Waals surface area (Å²) in [5, 5.41) is 4.98. The molecule has 1 aromatic heterocycles. The van der Waals surface area contributed by atoms with Crippen molar-refractivity contribution in [3.63, 3.8) is 0 Å². The number of hydrazone groups is 1. The zero-order valence-electron chi connectivity index (χ0n) is 10.9. The van der Waals surface area contributed by atoms with Crippen molar-refractivity contribution in [2.75, 3.05) is 12.5 Å². The molecule has 0 aliphatic carbocycles. The molecular formula is C15H13N3OS. The molecule has 0 radical (unpaired) electrons. The SMILES string of the molecule is COc1ccc(/C=N/Nc2nc3ccccc3s2)cc1. The zero-order valence-corrected chi connectivity index (χ0v) is 11.7. The molecule has 0 saturated heterocycles. The monoisotopic (exact) mass is 283 g/mol. The van der Waals surface area contributed by atoms with Crippen LogP contribution in [0.4, 0.5) is 5.13 Å². The van der Waals surface area contributed by atoms with Crippen molar-refractivity contribution in [2.45, 2.75) is 0 Å². The van der Waals surface area contributed by atoms with Gasteiger partial charge in [0.25, 0.3) is 0 Å². The summed E-state index contributed by atoms with van der Waals surface area (Å²) in [6, 6.07) is 15.7. The van der Waals surface area contributed by atoms with Crippen molar-refractivity contribution in [1.82, 2.24) is 4.98 Å². The number of nitrogens with one attached hydrogen (secondary N) is 1. The molecule has 3 rings (SSSR count). The lowest BCUT2D eigenvalue weighted by Crippen LogP contribution is -1.90. The lowest BCUT2D eigenvalue weighted by atomic mass is 10.2. The number of ether oxygens (including phenoxy) is 1. The molecule has 0 atom stereocenters. The molecule has 20 heavy (non-hydrogen) atoms. The largest absolute Gasteiger partial charge is 0.497 e. The molecule has 0 spiro atoms. The standard InChI is InChI=1S/C15H13N3OS/c1-19-12-8-6-11(7-9-12)10-16-18-15-17-13-4-2-3-5-14(13)20-15/h2-10H,1H3,(H,17,18)/b16-10+. The lowest BCUT2D eigenvalue weighted by molar-refractivity contribution is 0.415. The van der Waals surface area contributed by atoms with E-state index in [1.807, 2.05) is 48.5 Å². The zero-order chi connectivity index (χ0) is 13.8. The van der Waals surface area contributed by atoms with Gasteiger partial charge in [-0.05, 0) is 42.0 Å². The summed E-state index contributed by atoms with van der Waals surface area (Å²) in [7, 11) is 1.65. The number of nitrogens with zero attached hydrogens (tertiary/aromatic N) is 2. The number of hydrogen-bond acceptors (Lipinski definition) is 5. The topological polar surface area (TPSA) is 46.5 Å². The van der Waals surface area contributed by atoms with E-state index in [9.17, 15) is 0 Å². The Morgan fingerprint density at radius 3 is 2.70 bits per heavy atom. The highest BCUT2D eigenvalue weighted by molar-refractivity contribution is 7.22. The molecule has 5 heteroatoms. The molecule has 3 aromatic rings. The van der Waals surface area contributed by atoms with E-state index in [1.165, 1.54) is 0 Å². The van der Waals surface area contributed by atoms with Gasteiger partial charge in [-0.15, -0.1) is 0 Å². The van der Waals surface area contributed by atoms with Crippen LogP contribution in [0.25, 0.3) is 10.2 Å². The van der Waals surface area contributed by atoms with Gasteiger partial charge in [-0.3, -0.25) is 5.43 Å². The summed E-state index contributed by atoms with van der Waals surface area (Å²) in [6.45, 7) is 0. The maximum absolute atomic E-state index is 5.11. The number of methoxy groups -OCH3 is 1. The molecule has 2 aromatic carbocycles. The number of thiazole rings is 1. The highest BCUT2D eigenvalue weighted by Gasteiger charge is 2.00. The second-order valence-electron chi connectivity index (χ2n) is 4.13. The maximum Gasteiger partial charge on any atom is 0.204 e. The van der Waals surface area contributed by atoms with Crippen LogP contribution in [0.2, 0.25) is 0 Å². The Morgan fingerprint density at radius 1 is 1.15 bits per heavy atom. The molecule has 0 amide bonds. The van der Waals surface area contributed by atoms with Crippen molar-refractivity contribution in [1.29, 1.82) is 0 Å². The van der Waals surface area contributed by atoms with Crippen LogP contribution in [0.5, 0.6) is 5.75 Å². The fraction of sp³-hybridized carbons (Fsp3) is 0.0667. The molecule has 1 N–H and O–H groups in total. The van der Waals surface area contributed by atoms with E-state index in [0.717, 1.165) is 26.7 Å². The number of aromatic nitrogens is 1. The number of anilines is 1. The number of fused-ring (bicyclic) bond motifs is 1. The summed E-state index contributed by atoms with van der Waals surface area (Å²) >= 11 is 1.58. The number of rotatable bonds is 4. The molecule has 0 bridgehead atoms. The van der Waals surface area contributed by atoms with Crippen molar-refractivity contribution >= 4 is 32.9 Å². The van der Waals surface area contributed by atoms with Gasteiger partial charge < -0.3 is 4.74 Å². The Kier molecular flexibility index (Phi) is 3.60. The predicted molar refractivity (Wildman–Crippen MR) is 83.8 cm³/mol. The van der Waals surface area contributed by atoms with Gasteiger partial charge in [0.2, 0.25) is 5.13 Å². The van der Waals surface area contributed by atoms with Crippen LogP contribution in [0, 0.1) is 0 Å². The average molecular weight is 283 g/mol. The van der Waals surface area contributed by atoms with E-state index in [1.54, 1.807) is 24.7 Å². The third-order valence-electron chi connectivity index (χ3n) is 2.78. The average Bonchev–Trinajstić information content (AvgIpc) is 2.90. The van der Waals surface area contributed by atoms with Crippen LogP contribution in [-0.4, -0.2) is 18.3 Å². The van der Waals surface area contributed by atoms with Gasteiger partial charge in [-0.25, -0.2) is 4.98 Å². The summed E-state index contributed by atoms with van der Waals surface area (Å²) in [6.07, 6.45) is 1.76. The van der Waals surface area contributed by atoms with Gasteiger partial charge in [0.1, 0.15) is 5.75 Å². The third-order valence-corrected chi connectivity index (χ3v) is 3.72. The molecular weight excluding hydrogens is 270 g/mol. The highest BCUT2D eigenvalue weighted by Crippen LogP contribution is 2.25. The molecule has 0 fully saturated rings. The van der Waals surface area contributed by atoms with Crippen LogP contribution in [0.3, 0.4) is 0 Å². The Morgan fingerprint density at radius 2 is 1.95 bits per heavy atom. The molecule has 4 nitrogen and oxygen atoms in total. The number of para-hydroxylation sites is 1. The minimum atomic E-state index is 0.788. The highest BCUT2D eigenvalue weighted by atomic mass is 32.1. The lowest BCUT2D eigenvalue weighted by Gasteiger charge is -1.98. The molecule has 0 aliphatic rings. The first-order valence-electron chi connectivity index (χ1n) is 6.14. The first-order chi connectivity index (χ1) is 9.85. The first kappa shape index (κ1) is 12.6. The Hall–Kier alpha value is -2.40. The molecule has 1 heterocycles. The van der Waals surface area contributed by atoms with Gasteiger partial charge >= 0.3 is 0 Å². The third kappa shape index (κ3) is 2.78. The minimum Gasteiger partial charge on any atom is -0.497 e. The van der Waals surface area contributed by atoms with Gasteiger partial charge in [0, 0.05) is 0 Å². The van der Waals surface area contributed by atoms with E-state index in [4.69, 9.17) is 4.74 Å². The van der Waals surface area contributed by atoms with Crippen molar-refractivity contribution in [3.8, 4) is 5.75 Å². The van der Waals surface area contributed by atoms with Gasteiger partial charge in [0.15, 0.2) is 0 Å². The number of hydrogen-bond donors (Lipinski definition) is 1. The number of benzene rings is 2. The van der Waals surface area contributed by atoms with Crippen LogP contribution in [-0.2, 0) is 0 Å². The van der Waals surface area contributed by atoms with E-state index in [0.29, 0.717) is 0 Å². The van der Waals surface area contributed by atoms with Crippen LogP contribution in [0.15, 0.2) is 53.6 Å². The Balaban J connectivity index is 1.69. The quantitative estimate of drug-likeness (QED) is 0.586. The van der Waals surface area contributed by atoms with E-state index >= 15 is 0 Å². The summed E-state index contributed by atoms with van der Waals surface area (Å²) in [4.78, 5) is 4.44. The molecule has 0 aliphatic heterocycles. The van der Waals surface area contributed by atoms with Gasteiger partial charge in [-0.1, -0.05) is 23.5 Å². The predicted octanol–water partition coefficient (Wildman–Crippen LogP) is 3.75. The van der Waals surface area contributed by atoms with Crippen LogP contribution in [0.1, 0.15) is 5.56 Å². The van der Waals surface area contributed by atoms with Gasteiger partial charge in [0.05, 0.1) is 23.5 Å². The molecule has 0 unspecified atom stereocenters. The van der Waals surface area contributed by atoms with E-state index in [-0.39, 0.29) is 0 Å². The summed E-state index contributed by atoms with van der Waals surface area (Å²) in [5.74, 6) is 0.835. The van der Waals surface area contributed by atoms with E-state index in [2.05, 4.69) is 15.5 Å². The van der Waals surface area contributed by atoms with Crippen LogP contribution >= 0.6 is 11.3 Å². The Bertz CT molecular complexity index is 701. The molecule has 100 valence electrons. The second kappa shape index (κ2) is 5.71. The van der Waals surface area contributed by atoms with Crippen molar-refractivity contribution < 1.29 is 4.74 Å². The fourth-order valence-electron chi connectivity index (χ4n) is 1.77. The molecule has 0 saturated carbocycles. The normalized spacial score (nSPS) is 11.1. The van der Waals surface area contributed by atoms with Crippen LogP contribution < -0.4 is 10.2 Å². The second-order valence-corrected chi connectivity index (χ2v) is 5.16. The summed E-state index contributed by atoms with van der Waals surface area (Å²) < 4.78 is 6.26. The smallest absolute Gasteiger partial charge is 0.204 e. The van der Waals surface area contributed by atoms with E-state index < -0.39 is 0 Å². The first-order valence-corrected chi connectivity index (χ1v) is 6.95. The minimum absolute atomic E-state index is 0.788. The summed E-state index contributed by atoms with van der Waals surface area (Å²) in [5.41, 5.74) is 4.94. The van der Waals surface area contributed by atoms with Gasteiger partial charge in [-0.2, -0.15) is 5.10 Å². The maximum atomic E-state index is 5.11. The van der Waals surface area contributed by atoms with Crippen molar-refractivity contribution in [2.24, 2.45) is 5.10 Å². The Labute approximate surface area is 120 Å².